The second kappa shape index (κ2) is 8.86. The van der Waals surface area contributed by atoms with E-state index in [9.17, 15) is 8.42 Å². The first-order valence-electron chi connectivity index (χ1n) is 7.72. The Hall–Kier alpha value is -0.830. The van der Waals surface area contributed by atoms with Crippen LogP contribution in [-0.2, 0) is 16.4 Å². The van der Waals surface area contributed by atoms with Crippen molar-refractivity contribution in [1.29, 1.82) is 0 Å². The summed E-state index contributed by atoms with van der Waals surface area (Å²) in [6, 6.07) is 5.33. The molecule has 2 N–H and O–H groups in total. The number of guanidine groups is 1. The van der Waals surface area contributed by atoms with Gasteiger partial charge in [0.1, 0.15) is 0 Å². The molecular weight excluding hydrogens is 425 g/mol. The molecule has 2 rings (SSSR count). The molecule has 1 aliphatic rings. The average molecular weight is 451 g/mol. The third-order valence-electron chi connectivity index (χ3n) is 3.99. The van der Waals surface area contributed by atoms with Crippen LogP contribution in [0.2, 0.25) is 0 Å². The van der Waals surface area contributed by atoms with E-state index in [4.69, 9.17) is 5.73 Å². The van der Waals surface area contributed by atoms with Crippen LogP contribution in [0.1, 0.15) is 36.8 Å². The highest BCUT2D eigenvalue weighted by Gasteiger charge is 2.12. The standard InChI is InChI=1S/C16H25N3O2S.HI/c1-13-11-14(7-8-15(13)22(2,20)21)12-18-16(17)19-9-5-3-4-6-10-19;/h7-8,11H,3-6,9-10,12H2,1-2H3,(H2,17,18);1H. The minimum absolute atomic E-state index is 0. The molecule has 1 fully saturated rings. The monoisotopic (exact) mass is 451 g/mol. The van der Waals surface area contributed by atoms with E-state index in [1.165, 1.54) is 31.9 Å². The third kappa shape index (κ3) is 5.95. The number of aliphatic imine (C=N–C) groups is 1. The van der Waals surface area contributed by atoms with Crippen LogP contribution in [0.15, 0.2) is 28.1 Å². The van der Waals surface area contributed by atoms with E-state index >= 15 is 0 Å². The van der Waals surface area contributed by atoms with E-state index in [1.54, 1.807) is 6.07 Å². The summed E-state index contributed by atoms with van der Waals surface area (Å²) in [4.78, 5) is 6.98. The maximum Gasteiger partial charge on any atom is 0.191 e. The van der Waals surface area contributed by atoms with Crippen molar-refractivity contribution in [3.63, 3.8) is 0 Å². The minimum atomic E-state index is -3.17. The molecule has 1 saturated heterocycles. The Balaban J connectivity index is 0.00000264. The molecule has 1 aliphatic heterocycles. The molecule has 0 spiro atoms. The second-order valence-electron chi connectivity index (χ2n) is 5.95. The summed E-state index contributed by atoms with van der Waals surface area (Å²) in [6.45, 7) is 4.23. The molecule has 7 heteroatoms. The first-order chi connectivity index (χ1) is 10.4. The predicted molar refractivity (Wildman–Crippen MR) is 105 cm³/mol. The van der Waals surface area contributed by atoms with Crippen LogP contribution >= 0.6 is 24.0 Å². The Morgan fingerprint density at radius 1 is 1.22 bits per heavy atom. The zero-order valence-corrected chi connectivity index (χ0v) is 16.9. The minimum Gasteiger partial charge on any atom is -0.370 e. The van der Waals surface area contributed by atoms with Gasteiger partial charge >= 0.3 is 0 Å². The maximum absolute atomic E-state index is 11.6. The molecule has 0 unspecified atom stereocenters. The van der Waals surface area contributed by atoms with Crippen molar-refractivity contribution >= 4 is 39.8 Å². The number of aryl methyl sites for hydroxylation is 1. The van der Waals surface area contributed by atoms with E-state index in [2.05, 4.69) is 9.89 Å². The van der Waals surface area contributed by atoms with Crippen LogP contribution in [0, 0.1) is 6.92 Å². The Morgan fingerprint density at radius 2 is 1.83 bits per heavy atom. The first kappa shape index (κ1) is 20.2. The lowest BCUT2D eigenvalue weighted by Crippen LogP contribution is -2.38. The predicted octanol–water partition coefficient (Wildman–Crippen LogP) is 2.71. The number of benzene rings is 1. The van der Waals surface area contributed by atoms with Gasteiger partial charge in [-0.25, -0.2) is 13.4 Å². The van der Waals surface area contributed by atoms with Gasteiger partial charge in [-0.3, -0.25) is 0 Å². The molecule has 0 saturated carbocycles. The molecule has 23 heavy (non-hydrogen) atoms. The Morgan fingerprint density at radius 3 is 2.35 bits per heavy atom. The highest BCUT2D eigenvalue weighted by Crippen LogP contribution is 2.17. The summed E-state index contributed by atoms with van der Waals surface area (Å²) in [5, 5.41) is 0. The summed E-state index contributed by atoms with van der Waals surface area (Å²) in [7, 11) is -3.17. The smallest absolute Gasteiger partial charge is 0.191 e. The quantitative estimate of drug-likeness (QED) is 0.436. The molecule has 5 nitrogen and oxygen atoms in total. The number of halogens is 1. The molecule has 1 aromatic carbocycles. The molecule has 0 aliphatic carbocycles. The van der Waals surface area contributed by atoms with Gasteiger partial charge in [-0.1, -0.05) is 25.0 Å². The van der Waals surface area contributed by atoms with Gasteiger partial charge < -0.3 is 10.6 Å². The molecule has 0 aromatic heterocycles. The fourth-order valence-electron chi connectivity index (χ4n) is 2.80. The maximum atomic E-state index is 11.6. The van der Waals surface area contributed by atoms with E-state index < -0.39 is 9.84 Å². The van der Waals surface area contributed by atoms with Crippen LogP contribution < -0.4 is 5.73 Å². The lowest BCUT2D eigenvalue weighted by atomic mass is 10.1. The van der Waals surface area contributed by atoms with E-state index in [-0.39, 0.29) is 24.0 Å². The van der Waals surface area contributed by atoms with Gasteiger partial charge in [0, 0.05) is 19.3 Å². The number of nitrogens with two attached hydrogens (primary N) is 1. The van der Waals surface area contributed by atoms with Gasteiger partial charge in [0.15, 0.2) is 15.8 Å². The van der Waals surface area contributed by atoms with Crippen molar-refractivity contribution in [3.05, 3.63) is 29.3 Å². The highest BCUT2D eigenvalue weighted by molar-refractivity contribution is 14.0. The van der Waals surface area contributed by atoms with Crippen LogP contribution in [0.25, 0.3) is 0 Å². The van der Waals surface area contributed by atoms with Crippen molar-refractivity contribution in [2.24, 2.45) is 10.7 Å². The fraction of sp³-hybridized carbons (Fsp3) is 0.562. The average Bonchev–Trinajstić information content (AvgIpc) is 2.72. The van der Waals surface area contributed by atoms with Crippen LogP contribution in [0.4, 0.5) is 0 Å². The van der Waals surface area contributed by atoms with Crippen molar-refractivity contribution in [3.8, 4) is 0 Å². The van der Waals surface area contributed by atoms with Crippen LogP contribution in [-0.4, -0.2) is 38.6 Å². The summed E-state index contributed by atoms with van der Waals surface area (Å²) in [6.07, 6.45) is 6.08. The van der Waals surface area contributed by atoms with Crippen LogP contribution in [0.3, 0.4) is 0 Å². The zero-order chi connectivity index (χ0) is 16.2. The van der Waals surface area contributed by atoms with Gasteiger partial charge in [0.05, 0.1) is 11.4 Å². The molecule has 1 heterocycles. The van der Waals surface area contributed by atoms with Gasteiger partial charge in [-0.15, -0.1) is 24.0 Å². The summed E-state index contributed by atoms with van der Waals surface area (Å²) in [5.41, 5.74) is 7.81. The number of sulfone groups is 1. The van der Waals surface area contributed by atoms with E-state index in [0.29, 0.717) is 17.4 Å². The van der Waals surface area contributed by atoms with E-state index in [0.717, 1.165) is 24.2 Å². The lowest BCUT2D eigenvalue weighted by Gasteiger charge is -2.21. The zero-order valence-electron chi connectivity index (χ0n) is 13.8. The summed E-state index contributed by atoms with van der Waals surface area (Å²) in [5.74, 6) is 0.590. The van der Waals surface area contributed by atoms with Crippen LogP contribution in [0.5, 0.6) is 0 Å². The van der Waals surface area contributed by atoms with Crippen molar-refractivity contribution < 1.29 is 8.42 Å². The second-order valence-corrected chi connectivity index (χ2v) is 7.93. The van der Waals surface area contributed by atoms with Crippen molar-refractivity contribution in [1.82, 2.24) is 4.90 Å². The molecule has 0 atom stereocenters. The topological polar surface area (TPSA) is 75.8 Å². The molecule has 0 radical (unpaired) electrons. The van der Waals surface area contributed by atoms with Gasteiger partial charge in [-0.2, -0.15) is 0 Å². The molecule has 0 amide bonds. The first-order valence-corrected chi connectivity index (χ1v) is 9.61. The number of hydrogen-bond acceptors (Lipinski definition) is 3. The number of nitrogens with zero attached hydrogens (tertiary/aromatic N) is 2. The van der Waals surface area contributed by atoms with E-state index in [1.807, 2.05) is 19.1 Å². The molecular formula is C16H26IN3O2S. The number of hydrogen-bond donors (Lipinski definition) is 1. The highest BCUT2D eigenvalue weighted by atomic mass is 127. The summed E-state index contributed by atoms with van der Waals surface area (Å²) < 4.78 is 23.2. The Bertz CT molecular complexity index is 651. The Labute approximate surface area is 156 Å². The SMILES string of the molecule is Cc1cc(CN=C(N)N2CCCCCC2)ccc1S(C)(=O)=O.I. The van der Waals surface area contributed by atoms with Crippen molar-refractivity contribution in [2.45, 2.75) is 44.0 Å². The largest absolute Gasteiger partial charge is 0.370 e. The molecule has 130 valence electrons. The Kier molecular flexibility index (Phi) is 7.79. The normalized spacial score (nSPS) is 16.6. The lowest BCUT2D eigenvalue weighted by molar-refractivity contribution is 0.428. The van der Waals surface area contributed by atoms with Gasteiger partial charge in [0.25, 0.3) is 0 Å². The fourth-order valence-corrected chi connectivity index (χ4v) is 3.76. The van der Waals surface area contributed by atoms with Gasteiger partial charge in [-0.05, 0) is 37.0 Å². The third-order valence-corrected chi connectivity index (χ3v) is 5.25. The van der Waals surface area contributed by atoms with Gasteiger partial charge in [0.2, 0.25) is 0 Å². The number of rotatable bonds is 3. The molecule has 0 bridgehead atoms. The molecule has 1 aromatic rings. The van der Waals surface area contributed by atoms with Crippen molar-refractivity contribution in [2.75, 3.05) is 19.3 Å². The number of likely N-dealkylation sites (tertiary alicyclic amines) is 1. The summed E-state index contributed by atoms with van der Waals surface area (Å²) >= 11 is 0.